The summed E-state index contributed by atoms with van der Waals surface area (Å²) in [4.78, 5) is 16.5. The molecule has 0 radical (unpaired) electrons. The molecule has 2 fully saturated rings. The molecule has 152 valence electrons. The number of nitrogens with zero attached hydrogens (tertiary/aromatic N) is 5. The van der Waals surface area contributed by atoms with Gasteiger partial charge in [0.1, 0.15) is 17.7 Å². The summed E-state index contributed by atoms with van der Waals surface area (Å²) in [5.74, 6) is 0.169. The Balaban J connectivity index is 0.00000225. The van der Waals surface area contributed by atoms with E-state index in [4.69, 9.17) is 4.74 Å². The summed E-state index contributed by atoms with van der Waals surface area (Å²) in [5, 5.41) is 11.4. The highest BCUT2D eigenvalue weighted by Gasteiger charge is 2.34. The van der Waals surface area contributed by atoms with E-state index in [2.05, 4.69) is 20.5 Å². The van der Waals surface area contributed by atoms with Crippen LogP contribution in [0.4, 0.5) is 4.39 Å². The van der Waals surface area contributed by atoms with Crippen molar-refractivity contribution in [1.29, 1.82) is 0 Å². The number of hydrogen-bond acceptors (Lipinski definition) is 6. The predicted octanol–water partition coefficient (Wildman–Crippen LogP) is 0.648. The van der Waals surface area contributed by atoms with Crippen LogP contribution in [0.5, 0.6) is 5.75 Å². The summed E-state index contributed by atoms with van der Waals surface area (Å²) in [6, 6.07) is 5.89. The first-order valence-electron chi connectivity index (χ1n) is 9.22. The molecule has 1 aromatic carbocycles. The van der Waals surface area contributed by atoms with Gasteiger partial charge >= 0.3 is 0 Å². The Kier molecular flexibility index (Phi) is 6.82. The van der Waals surface area contributed by atoms with Crippen LogP contribution in [0.3, 0.4) is 0 Å². The second-order valence-corrected chi connectivity index (χ2v) is 6.86. The number of nitrogens with one attached hydrogen (secondary N) is 1. The number of halogens is 2. The van der Waals surface area contributed by atoms with Gasteiger partial charge in [-0.25, -0.2) is 4.39 Å². The SMILES string of the molecule is Cl.O=C(c1cn(CCN2CCNCC2)nn1)N1CC(Oc2ccc(F)cc2)C1. The number of rotatable bonds is 6. The topological polar surface area (TPSA) is 75.5 Å². The Hall–Kier alpha value is -2.23. The number of carbonyl (C=O) groups excluding carboxylic acids is 1. The fourth-order valence-electron chi connectivity index (χ4n) is 3.23. The van der Waals surface area contributed by atoms with Gasteiger partial charge in [0.15, 0.2) is 5.69 Å². The van der Waals surface area contributed by atoms with Gasteiger partial charge in [0.2, 0.25) is 0 Å². The van der Waals surface area contributed by atoms with E-state index < -0.39 is 0 Å². The average Bonchev–Trinajstić information content (AvgIpc) is 3.14. The standard InChI is InChI=1S/C18H23FN6O2.ClH/c19-14-1-3-15(4-2-14)27-16-11-24(12-16)18(26)17-13-25(22-21-17)10-9-23-7-5-20-6-8-23;/h1-4,13,16,20H,5-12H2;1H. The number of benzene rings is 1. The summed E-state index contributed by atoms with van der Waals surface area (Å²) in [6.45, 7) is 6.68. The summed E-state index contributed by atoms with van der Waals surface area (Å²) in [5.41, 5.74) is 0.357. The minimum atomic E-state index is -0.298. The largest absolute Gasteiger partial charge is 0.487 e. The van der Waals surface area contributed by atoms with Crippen molar-refractivity contribution < 1.29 is 13.9 Å². The first kappa shape index (κ1) is 20.5. The Bertz CT molecular complexity index is 775. The zero-order chi connectivity index (χ0) is 18.6. The second kappa shape index (κ2) is 9.31. The lowest BCUT2D eigenvalue weighted by Gasteiger charge is -2.38. The molecule has 1 amide bonds. The molecule has 4 rings (SSSR count). The molecule has 0 bridgehead atoms. The zero-order valence-corrected chi connectivity index (χ0v) is 16.3. The molecule has 0 spiro atoms. The lowest BCUT2D eigenvalue weighted by atomic mass is 10.1. The lowest BCUT2D eigenvalue weighted by molar-refractivity contribution is 0.0173. The van der Waals surface area contributed by atoms with Crippen LogP contribution < -0.4 is 10.1 Å². The van der Waals surface area contributed by atoms with Crippen molar-refractivity contribution >= 4 is 18.3 Å². The lowest BCUT2D eigenvalue weighted by Crippen LogP contribution is -2.56. The number of amides is 1. The molecule has 1 N–H and O–H groups in total. The van der Waals surface area contributed by atoms with Crippen LogP contribution in [-0.2, 0) is 6.54 Å². The molecule has 3 heterocycles. The third kappa shape index (κ3) is 4.98. The molecule has 0 aliphatic carbocycles. The van der Waals surface area contributed by atoms with Crippen molar-refractivity contribution in [3.8, 4) is 5.75 Å². The molecule has 2 aliphatic heterocycles. The van der Waals surface area contributed by atoms with E-state index in [1.165, 1.54) is 12.1 Å². The summed E-state index contributed by atoms with van der Waals surface area (Å²) in [6.07, 6.45) is 1.63. The molecule has 2 aromatic rings. The van der Waals surface area contributed by atoms with Crippen molar-refractivity contribution in [1.82, 2.24) is 30.1 Å². The van der Waals surface area contributed by atoms with Gasteiger partial charge in [-0.3, -0.25) is 14.4 Å². The number of carbonyl (C=O) groups is 1. The minimum absolute atomic E-state index is 0. The Morgan fingerprint density at radius 2 is 1.89 bits per heavy atom. The Labute approximate surface area is 169 Å². The molecule has 8 nitrogen and oxygen atoms in total. The Morgan fingerprint density at radius 3 is 2.61 bits per heavy atom. The number of aromatic nitrogens is 3. The van der Waals surface area contributed by atoms with E-state index >= 15 is 0 Å². The van der Waals surface area contributed by atoms with E-state index in [1.54, 1.807) is 27.9 Å². The zero-order valence-electron chi connectivity index (χ0n) is 15.5. The van der Waals surface area contributed by atoms with Gasteiger partial charge in [0, 0.05) is 32.7 Å². The normalized spacial score (nSPS) is 17.7. The van der Waals surface area contributed by atoms with Gasteiger partial charge in [-0.05, 0) is 24.3 Å². The first-order chi connectivity index (χ1) is 13.2. The summed E-state index contributed by atoms with van der Waals surface area (Å²) in [7, 11) is 0. The smallest absolute Gasteiger partial charge is 0.276 e. The maximum Gasteiger partial charge on any atom is 0.276 e. The number of likely N-dealkylation sites (tertiary alicyclic amines) is 1. The number of piperazine rings is 1. The first-order valence-corrected chi connectivity index (χ1v) is 9.22. The maximum absolute atomic E-state index is 12.9. The molecule has 10 heteroatoms. The van der Waals surface area contributed by atoms with E-state index in [1.807, 2.05) is 0 Å². The monoisotopic (exact) mass is 410 g/mol. The predicted molar refractivity (Wildman–Crippen MR) is 103 cm³/mol. The molecule has 2 aliphatic rings. The highest BCUT2D eigenvalue weighted by atomic mass is 35.5. The van der Waals surface area contributed by atoms with Crippen LogP contribution in [0.2, 0.25) is 0 Å². The molecule has 0 atom stereocenters. The quantitative estimate of drug-likeness (QED) is 0.753. The van der Waals surface area contributed by atoms with Gasteiger partial charge in [0.05, 0.1) is 25.8 Å². The molecular weight excluding hydrogens is 387 g/mol. The van der Waals surface area contributed by atoms with Crippen molar-refractivity contribution in [3.63, 3.8) is 0 Å². The van der Waals surface area contributed by atoms with E-state index in [-0.39, 0.29) is 30.2 Å². The van der Waals surface area contributed by atoms with Gasteiger partial charge in [-0.2, -0.15) is 0 Å². The van der Waals surface area contributed by atoms with Crippen molar-refractivity contribution in [2.75, 3.05) is 45.8 Å². The Morgan fingerprint density at radius 1 is 1.18 bits per heavy atom. The van der Waals surface area contributed by atoms with Crippen LogP contribution in [0.25, 0.3) is 0 Å². The van der Waals surface area contributed by atoms with Crippen molar-refractivity contribution in [2.45, 2.75) is 12.6 Å². The van der Waals surface area contributed by atoms with E-state index in [0.717, 1.165) is 39.3 Å². The van der Waals surface area contributed by atoms with Crippen LogP contribution in [0.15, 0.2) is 30.5 Å². The molecular formula is C18H24ClFN6O2. The van der Waals surface area contributed by atoms with Crippen LogP contribution >= 0.6 is 12.4 Å². The van der Waals surface area contributed by atoms with E-state index in [9.17, 15) is 9.18 Å². The molecule has 0 unspecified atom stereocenters. The fraction of sp³-hybridized carbons (Fsp3) is 0.500. The van der Waals surface area contributed by atoms with E-state index in [0.29, 0.717) is 24.5 Å². The number of ether oxygens (including phenoxy) is 1. The summed E-state index contributed by atoms with van der Waals surface area (Å²) < 4.78 is 20.4. The molecule has 2 saturated heterocycles. The number of hydrogen-bond donors (Lipinski definition) is 1. The fourth-order valence-corrected chi connectivity index (χ4v) is 3.23. The van der Waals surface area contributed by atoms with Gasteiger partial charge in [-0.1, -0.05) is 5.21 Å². The highest BCUT2D eigenvalue weighted by Crippen LogP contribution is 2.19. The van der Waals surface area contributed by atoms with Crippen LogP contribution in [-0.4, -0.2) is 82.6 Å². The van der Waals surface area contributed by atoms with Gasteiger partial charge < -0.3 is 15.0 Å². The average molecular weight is 411 g/mol. The van der Waals surface area contributed by atoms with Gasteiger partial charge in [-0.15, -0.1) is 17.5 Å². The van der Waals surface area contributed by atoms with Crippen LogP contribution in [0.1, 0.15) is 10.5 Å². The van der Waals surface area contributed by atoms with Crippen molar-refractivity contribution in [3.05, 3.63) is 42.0 Å². The third-order valence-electron chi connectivity index (χ3n) is 4.86. The second-order valence-electron chi connectivity index (χ2n) is 6.86. The van der Waals surface area contributed by atoms with Crippen molar-refractivity contribution in [2.24, 2.45) is 0 Å². The summed E-state index contributed by atoms with van der Waals surface area (Å²) >= 11 is 0. The molecule has 1 aromatic heterocycles. The minimum Gasteiger partial charge on any atom is -0.487 e. The molecule has 0 saturated carbocycles. The van der Waals surface area contributed by atoms with Crippen LogP contribution in [0, 0.1) is 5.82 Å². The maximum atomic E-state index is 12.9. The third-order valence-corrected chi connectivity index (χ3v) is 4.86. The molecule has 28 heavy (non-hydrogen) atoms. The highest BCUT2D eigenvalue weighted by molar-refractivity contribution is 5.92. The van der Waals surface area contributed by atoms with Gasteiger partial charge in [0.25, 0.3) is 5.91 Å².